The number of carbonyl (C=O) groups excluding carboxylic acids is 1. The molecule has 4 aromatic rings. The van der Waals surface area contributed by atoms with Gasteiger partial charge in [-0.2, -0.15) is 0 Å². The smallest absolute Gasteiger partial charge is 0.251 e. The number of nitrogens with one attached hydrogen (secondary N) is 1. The van der Waals surface area contributed by atoms with Crippen molar-refractivity contribution in [1.82, 2.24) is 19.9 Å². The molecule has 4 rings (SSSR count). The molecular weight excluding hydrogens is 364 g/mol. The minimum absolute atomic E-state index is 0.0778. The highest BCUT2D eigenvalue weighted by atomic mass is 16.5. The second-order valence-electron chi connectivity index (χ2n) is 6.72. The molecule has 0 spiro atoms. The van der Waals surface area contributed by atoms with E-state index in [9.17, 15) is 4.79 Å². The summed E-state index contributed by atoms with van der Waals surface area (Å²) in [4.78, 5) is 20.7. The summed E-state index contributed by atoms with van der Waals surface area (Å²) >= 11 is 0. The lowest BCUT2D eigenvalue weighted by Gasteiger charge is -2.09. The molecule has 0 unspecified atom stereocenters. The first-order valence-corrected chi connectivity index (χ1v) is 9.59. The van der Waals surface area contributed by atoms with Crippen molar-refractivity contribution in [1.29, 1.82) is 0 Å². The minimum Gasteiger partial charge on any atom is -0.491 e. The molecule has 0 radical (unpaired) electrons. The Labute approximate surface area is 169 Å². The number of hydrogen-bond donors (Lipinski definition) is 1. The number of carbonyl (C=O) groups is 1. The molecule has 6 nitrogen and oxygen atoms in total. The molecule has 0 bridgehead atoms. The van der Waals surface area contributed by atoms with Crippen LogP contribution in [0, 0.1) is 0 Å². The molecule has 0 aliphatic rings. The summed E-state index contributed by atoms with van der Waals surface area (Å²) in [6.45, 7) is 1.80. The first-order chi connectivity index (χ1) is 14.3. The van der Waals surface area contributed by atoms with E-state index in [4.69, 9.17) is 4.74 Å². The van der Waals surface area contributed by atoms with Gasteiger partial charge in [-0.25, -0.2) is 4.98 Å². The molecule has 0 atom stereocenters. The van der Waals surface area contributed by atoms with Gasteiger partial charge in [0.1, 0.15) is 11.3 Å². The number of benzene rings is 2. The zero-order chi connectivity index (χ0) is 19.9. The van der Waals surface area contributed by atoms with Crippen LogP contribution in [0.25, 0.3) is 10.9 Å². The van der Waals surface area contributed by atoms with Gasteiger partial charge in [0.15, 0.2) is 0 Å². The van der Waals surface area contributed by atoms with E-state index in [-0.39, 0.29) is 5.91 Å². The third kappa shape index (κ3) is 4.79. The molecule has 0 saturated carbocycles. The average molecular weight is 386 g/mol. The van der Waals surface area contributed by atoms with Crippen molar-refractivity contribution in [2.45, 2.75) is 13.0 Å². The lowest BCUT2D eigenvalue weighted by molar-refractivity contribution is 0.0951. The second-order valence-corrected chi connectivity index (χ2v) is 6.72. The van der Waals surface area contributed by atoms with Crippen LogP contribution in [0.5, 0.6) is 5.75 Å². The van der Waals surface area contributed by atoms with Crippen LogP contribution in [0.2, 0.25) is 0 Å². The lowest BCUT2D eigenvalue weighted by Crippen LogP contribution is -2.25. The predicted molar refractivity (Wildman–Crippen MR) is 112 cm³/mol. The highest BCUT2D eigenvalue weighted by Crippen LogP contribution is 2.22. The molecular formula is C23H22N4O2. The molecule has 0 aliphatic carbocycles. The number of aromatic nitrogens is 3. The maximum atomic E-state index is 12.3. The number of rotatable bonds is 8. The molecule has 2 aromatic heterocycles. The second kappa shape index (κ2) is 9.01. The van der Waals surface area contributed by atoms with E-state index in [0.717, 1.165) is 28.8 Å². The predicted octanol–water partition coefficient (Wildman–Crippen LogP) is 3.68. The SMILES string of the molecule is O=C(NCCCOc1cccc2cccnc12)c1ccc(Cn2ccnc2)cc1. The summed E-state index contributed by atoms with van der Waals surface area (Å²) in [5.74, 6) is 0.689. The van der Waals surface area contributed by atoms with Gasteiger partial charge in [0, 0.05) is 42.6 Å². The lowest BCUT2D eigenvalue weighted by atomic mass is 10.1. The largest absolute Gasteiger partial charge is 0.491 e. The Morgan fingerprint density at radius 2 is 1.90 bits per heavy atom. The van der Waals surface area contributed by atoms with Crippen molar-refractivity contribution in [2.75, 3.05) is 13.2 Å². The van der Waals surface area contributed by atoms with E-state index in [1.165, 1.54) is 0 Å². The fourth-order valence-electron chi connectivity index (χ4n) is 3.10. The molecule has 0 fully saturated rings. The molecule has 0 aliphatic heterocycles. The summed E-state index contributed by atoms with van der Waals surface area (Å²) in [6.07, 6.45) is 7.92. The number of para-hydroxylation sites is 1. The molecule has 146 valence electrons. The molecule has 1 amide bonds. The van der Waals surface area contributed by atoms with Gasteiger partial charge in [-0.1, -0.05) is 30.3 Å². The van der Waals surface area contributed by atoms with Crippen LogP contribution in [-0.4, -0.2) is 33.6 Å². The Kier molecular flexibility index (Phi) is 5.81. The van der Waals surface area contributed by atoms with Crippen LogP contribution in [0.3, 0.4) is 0 Å². The van der Waals surface area contributed by atoms with Crippen molar-refractivity contribution < 1.29 is 9.53 Å². The zero-order valence-corrected chi connectivity index (χ0v) is 16.0. The number of imidazole rings is 1. The van der Waals surface area contributed by atoms with E-state index in [0.29, 0.717) is 25.1 Å². The van der Waals surface area contributed by atoms with Crippen molar-refractivity contribution in [2.24, 2.45) is 0 Å². The highest BCUT2D eigenvalue weighted by molar-refractivity contribution is 5.94. The van der Waals surface area contributed by atoms with E-state index in [1.807, 2.05) is 65.4 Å². The molecule has 6 heteroatoms. The van der Waals surface area contributed by atoms with Crippen LogP contribution in [0.4, 0.5) is 0 Å². The minimum atomic E-state index is -0.0778. The zero-order valence-electron chi connectivity index (χ0n) is 16.0. The molecule has 1 N–H and O–H groups in total. The topological polar surface area (TPSA) is 69.0 Å². The maximum Gasteiger partial charge on any atom is 0.251 e. The number of fused-ring (bicyclic) bond motifs is 1. The summed E-state index contributed by atoms with van der Waals surface area (Å²) < 4.78 is 7.84. The summed E-state index contributed by atoms with van der Waals surface area (Å²) in [6, 6.07) is 17.4. The average Bonchev–Trinajstić information content (AvgIpc) is 3.27. The van der Waals surface area contributed by atoms with Gasteiger partial charge in [-0.15, -0.1) is 0 Å². The fraction of sp³-hybridized carbons (Fsp3) is 0.174. The number of amides is 1. The number of pyridine rings is 1. The summed E-state index contributed by atoms with van der Waals surface area (Å²) in [5.41, 5.74) is 2.63. The van der Waals surface area contributed by atoms with Crippen molar-refractivity contribution in [3.05, 3.63) is 90.6 Å². The quantitative estimate of drug-likeness (QED) is 0.469. The summed E-state index contributed by atoms with van der Waals surface area (Å²) in [7, 11) is 0. The Balaban J connectivity index is 1.22. The van der Waals surface area contributed by atoms with Crippen LogP contribution in [0.15, 0.2) is 79.5 Å². The number of hydrogen-bond acceptors (Lipinski definition) is 4. The van der Waals surface area contributed by atoms with E-state index in [1.54, 1.807) is 18.7 Å². The maximum absolute atomic E-state index is 12.3. The van der Waals surface area contributed by atoms with Crippen LogP contribution in [0.1, 0.15) is 22.3 Å². The Morgan fingerprint density at radius 1 is 1.03 bits per heavy atom. The Hall–Kier alpha value is -3.67. The third-order valence-corrected chi connectivity index (χ3v) is 4.60. The van der Waals surface area contributed by atoms with E-state index >= 15 is 0 Å². The molecule has 29 heavy (non-hydrogen) atoms. The number of nitrogens with zero attached hydrogens (tertiary/aromatic N) is 3. The first-order valence-electron chi connectivity index (χ1n) is 9.59. The van der Waals surface area contributed by atoms with Crippen molar-refractivity contribution in [3.63, 3.8) is 0 Å². The monoisotopic (exact) mass is 386 g/mol. The molecule has 2 heterocycles. The van der Waals surface area contributed by atoms with Gasteiger partial charge in [-0.3, -0.25) is 9.78 Å². The highest BCUT2D eigenvalue weighted by Gasteiger charge is 2.06. The van der Waals surface area contributed by atoms with Crippen LogP contribution >= 0.6 is 0 Å². The normalized spacial score (nSPS) is 10.8. The van der Waals surface area contributed by atoms with Crippen molar-refractivity contribution in [3.8, 4) is 5.75 Å². The van der Waals surface area contributed by atoms with Crippen LogP contribution < -0.4 is 10.1 Å². The summed E-state index contributed by atoms with van der Waals surface area (Å²) in [5, 5.41) is 3.99. The van der Waals surface area contributed by atoms with Crippen LogP contribution in [-0.2, 0) is 6.54 Å². The van der Waals surface area contributed by atoms with Gasteiger partial charge >= 0.3 is 0 Å². The van der Waals surface area contributed by atoms with E-state index < -0.39 is 0 Å². The van der Waals surface area contributed by atoms with Gasteiger partial charge in [0.05, 0.1) is 12.9 Å². The third-order valence-electron chi connectivity index (χ3n) is 4.60. The standard InChI is InChI=1S/C23H22N4O2/c28-23(20-9-7-18(8-10-20)16-27-14-13-24-17-27)26-12-3-15-29-21-6-1-4-19-5-2-11-25-22(19)21/h1-2,4-11,13-14,17H,3,12,15-16H2,(H,26,28). The fourth-order valence-corrected chi connectivity index (χ4v) is 3.10. The van der Waals surface area contributed by atoms with Gasteiger partial charge in [0.2, 0.25) is 0 Å². The molecule has 0 saturated heterocycles. The molecule has 2 aromatic carbocycles. The van der Waals surface area contributed by atoms with Gasteiger partial charge < -0.3 is 14.6 Å². The van der Waals surface area contributed by atoms with Crippen molar-refractivity contribution >= 4 is 16.8 Å². The number of ether oxygens (including phenoxy) is 1. The van der Waals surface area contributed by atoms with Gasteiger partial charge in [-0.05, 0) is 36.2 Å². The first kappa shape index (κ1) is 18.7. The Bertz CT molecular complexity index is 1070. The van der Waals surface area contributed by atoms with Gasteiger partial charge in [0.25, 0.3) is 5.91 Å². The Morgan fingerprint density at radius 3 is 2.72 bits per heavy atom. The van der Waals surface area contributed by atoms with E-state index in [2.05, 4.69) is 15.3 Å².